The maximum absolute atomic E-state index is 13.5. The van der Waals surface area contributed by atoms with Crippen LogP contribution in [0, 0.1) is 0 Å². The highest BCUT2D eigenvalue weighted by atomic mass is 35.5. The number of aliphatic hydroxyl groups is 3. The quantitative estimate of drug-likeness (QED) is 0.310. The summed E-state index contributed by atoms with van der Waals surface area (Å²) in [5.41, 5.74) is 2.03. The Bertz CT molecular complexity index is 1290. The lowest BCUT2D eigenvalue weighted by molar-refractivity contribution is -0.139. The summed E-state index contributed by atoms with van der Waals surface area (Å²) in [6, 6.07) is 7.35. The smallest absolute Gasteiger partial charge is 0.247 e. The molecule has 4 rings (SSSR count). The van der Waals surface area contributed by atoms with Crippen LogP contribution in [0.5, 0.6) is 11.5 Å². The van der Waals surface area contributed by atoms with Crippen molar-refractivity contribution in [1.82, 2.24) is 10.2 Å². The van der Waals surface area contributed by atoms with Gasteiger partial charge in [-0.2, -0.15) is 0 Å². The van der Waals surface area contributed by atoms with E-state index in [0.717, 1.165) is 0 Å². The van der Waals surface area contributed by atoms with E-state index in [1.54, 1.807) is 36.4 Å². The van der Waals surface area contributed by atoms with Crippen LogP contribution in [0.2, 0.25) is 10.0 Å². The summed E-state index contributed by atoms with van der Waals surface area (Å²) < 4.78 is 16.8. The van der Waals surface area contributed by atoms with E-state index in [-0.39, 0.29) is 50.8 Å². The normalized spacial score (nSPS) is 21.1. The molecule has 2 aliphatic rings. The molecule has 0 saturated heterocycles. The van der Waals surface area contributed by atoms with Crippen LogP contribution in [0.1, 0.15) is 29.0 Å². The molecule has 12 heteroatoms. The van der Waals surface area contributed by atoms with Crippen molar-refractivity contribution in [1.29, 1.82) is 0 Å². The lowest BCUT2D eigenvalue weighted by Crippen LogP contribution is -2.55. The van der Waals surface area contributed by atoms with Crippen LogP contribution in [-0.4, -0.2) is 84.3 Å². The molecule has 0 bridgehead atoms. The largest absolute Gasteiger partial charge is 0.493 e. The Balaban J connectivity index is 1.81. The number of carbonyl (C=O) groups excluding carboxylic acids is 2. The van der Waals surface area contributed by atoms with Crippen molar-refractivity contribution < 1.29 is 39.1 Å². The zero-order valence-electron chi connectivity index (χ0n) is 22.1. The number of aliphatic hydroxyl groups excluding tert-OH is 3. The molecule has 216 valence electrons. The lowest BCUT2D eigenvalue weighted by Gasteiger charge is -2.41. The number of hydrogen-bond acceptors (Lipinski definition) is 8. The molecule has 10 nitrogen and oxygen atoms in total. The summed E-state index contributed by atoms with van der Waals surface area (Å²) >= 11 is 12.3. The third-order valence-corrected chi connectivity index (χ3v) is 7.77. The number of nitrogens with zero attached hydrogens (tertiary/aromatic N) is 1. The summed E-state index contributed by atoms with van der Waals surface area (Å²) in [5.74, 6) is -0.834. The summed E-state index contributed by atoms with van der Waals surface area (Å²) in [4.78, 5) is 28.3. The summed E-state index contributed by atoms with van der Waals surface area (Å²) in [6.45, 7) is -0.316. The van der Waals surface area contributed by atoms with E-state index < -0.39 is 30.1 Å². The van der Waals surface area contributed by atoms with Crippen LogP contribution in [0.15, 0.2) is 42.0 Å². The molecule has 4 atom stereocenters. The molecule has 0 radical (unpaired) electrons. The van der Waals surface area contributed by atoms with Crippen LogP contribution in [0.25, 0.3) is 0 Å². The molecule has 0 aromatic heterocycles. The summed E-state index contributed by atoms with van der Waals surface area (Å²) in [6.07, 6.45) is -0.598. The molecule has 0 saturated carbocycles. The van der Waals surface area contributed by atoms with Crippen LogP contribution in [0.4, 0.5) is 0 Å². The Kier molecular flexibility index (Phi) is 9.94. The molecule has 1 aliphatic carbocycles. The van der Waals surface area contributed by atoms with Gasteiger partial charge in [0.1, 0.15) is 12.2 Å². The topological polar surface area (TPSA) is 138 Å². The van der Waals surface area contributed by atoms with E-state index >= 15 is 0 Å². The summed E-state index contributed by atoms with van der Waals surface area (Å²) in [7, 11) is 2.94. The molecule has 0 fully saturated rings. The number of rotatable bonds is 11. The number of ether oxygens (including phenoxy) is 3. The lowest BCUT2D eigenvalue weighted by atomic mass is 9.77. The van der Waals surface area contributed by atoms with Gasteiger partial charge in [-0.1, -0.05) is 29.3 Å². The van der Waals surface area contributed by atoms with Crippen molar-refractivity contribution in [3.63, 3.8) is 0 Å². The van der Waals surface area contributed by atoms with Crippen LogP contribution in [0.3, 0.4) is 0 Å². The minimum absolute atomic E-state index is 0.00819. The fourth-order valence-electron chi connectivity index (χ4n) is 5.15. The zero-order valence-corrected chi connectivity index (χ0v) is 23.6. The fourth-order valence-corrected chi connectivity index (χ4v) is 5.47. The van der Waals surface area contributed by atoms with Gasteiger partial charge in [-0.15, -0.1) is 0 Å². The molecule has 1 heterocycles. The van der Waals surface area contributed by atoms with Crippen LogP contribution >= 0.6 is 23.2 Å². The molecular weight excluding hydrogens is 563 g/mol. The van der Waals surface area contributed by atoms with Gasteiger partial charge >= 0.3 is 0 Å². The van der Waals surface area contributed by atoms with Gasteiger partial charge in [0.25, 0.3) is 0 Å². The molecular formula is C28H32Cl2N2O8. The molecule has 4 N–H and O–H groups in total. The van der Waals surface area contributed by atoms with E-state index in [9.17, 15) is 24.9 Å². The maximum Gasteiger partial charge on any atom is 0.247 e. The van der Waals surface area contributed by atoms with Crippen molar-refractivity contribution in [2.24, 2.45) is 0 Å². The van der Waals surface area contributed by atoms with E-state index in [0.29, 0.717) is 38.2 Å². The van der Waals surface area contributed by atoms with Crippen molar-refractivity contribution in [3.8, 4) is 11.5 Å². The van der Waals surface area contributed by atoms with E-state index in [1.165, 1.54) is 19.1 Å². The number of hydrogen-bond donors (Lipinski definition) is 4. The number of amides is 2. The van der Waals surface area contributed by atoms with Crippen LogP contribution in [-0.2, 0) is 27.5 Å². The van der Waals surface area contributed by atoms with Crippen LogP contribution < -0.4 is 14.8 Å². The average Bonchev–Trinajstić information content (AvgIpc) is 3.35. The van der Waals surface area contributed by atoms with E-state index in [4.69, 9.17) is 37.4 Å². The number of halogens is 2. The Hall–Kier alpha value is -2.86. The number of nitrogens with one attached hydrogen (secondary N) is 1. The Morgan fingerprint density at radius 1 is 1.10 bits per heavy atom. The van der Waals surface area contributed by atoms with Gasteiger partial charge in [-0.25, -0.2) is 0 Å². The zero-order chi connectivity index (χ0) is 29.0. The maximum atomic E-state index is 13.5. The van der Waals surface area contributed by atoms with Crippen molar-refractivity contribution in [2.45, 2.75) is 43.7 Å². The molecule has 2 aromatic rings. The second-order valence-corrected chi connectivity index (χ2v) is 10.3. The highest BCUT2D eigenvalue weighted by Crippen LogP contribution is 2.51. The van der Waals surface area contributed by atoms with Gasteiger partial charge in [-0.3, -0.25) is 9.59 Å². The van der Waals surface area contributed by atoms with E-state index in [2.05, 4.69) is 5.32 Å². The first kappa shape index (κ1) is 30.1. The molecule has 40 heavy (non-hydrogen) atoms. The minimum atomic E-state index is -1.25. The molecule has 2 aromatic carbocycles. The highest BCUT2D eigenvalue weighted by Gasteiger charge is 2.51. The third-order valence-electron chi connectivity index (χ3n) is 7.03. The van der Waals surface area contributed by atoms with Gasteiger partial charge < -0.3 is 39.7 Å². The van der Waals surface area contributed by atoms with Crippen molar-refractivity contribution in [2.75, 3.05) is 34.0 Å². The molecule has 0 unspecified atom stereocenters. The Labute approximate surface area is 242 Å². The number of carbonyl (C=O) groups is 2. The van der Waals surface area contributed by atoms with Crippen molar-refractivity contribution in [3.05, 3.63) is 68.7 Å². The fraction of sp³-hybridized carbons (Fsp3) is 0.429. The third kappa shape index (κ3) is 6.07. The van der Waals surface area contributed by atoms with Crippen molar-refractivity contribution >= 4 is 35.0 Å². The number of fused-ring (bicyclic) bond motifs is 3. The summed E-state index contributed by atoms with van der Waals surface area (Å²) in [5, 5.41) is 34.2. The van der Waals surface area contributed by atoms with Gasteiger partial charge in [-0.05, 0) is 41.5 Å². The minimum Gasteiger partial charge on any atom is -0.493 e. The number of benzene rings is 2. The molecule has 0 spiro atoms. The monoisotopic (exact) mass is 594 g/mol. The molecule has 2 amide bonds. The van der Waals surface area contributed by atoms with E-state index in [1.807, 2.05) is 0 Å². The standard InChI is InChI=1S/C28H32Cl2N2O8/c1-38-8-5-23(35)32(13-15-3-4-19(29)20(30)10-15)21-12-18(28(37)31-6-7-33)24-17-9-16(14-34)11-22(39-2)26(17)40-27(24)25(21)36/h3-4,9-12,21,24-25,27,33-34,36H,5-8,13-14H2,1-2H3,(H,31,37)/t21-,24+,25+,27+/m1/s1. The predicted octanol–water partition coefficient (Wildman–Crippen LogP) is 2.18. The second kappa shape index (κ2) is 13.2. The first-order valence-electron chi connectivity index (χ1n) is 12.7. The Morgan fingerprint density at radius 2 is 1.88 bits per heavy atom. The predicted molar refractivity (Wildman–Crippen MR) is 148 cm³/mol. The van der Waals surface area contributed by atoms with Gasteiger partial charge in [0.05, 0.1) is 55.4 Å². The van der Waals surface area contributed by atoms with Gasteiger partial charge in [0.2, 0.25) is 11.8 Å². The number of methoxy groups -OCH3 is 2. The highest BCUT2D eigenvalue weighted by molar-refractivity contribution is 6.42. The van der Waals surface area contributed by atoms with Gasteiger partial charge in [0.15, 0.2) is 11.5 Å². The van der Waals surface area contributed by atoms with Gasteiger partial charge in [0, 0.05) is 31.3 Å². The first-order valence-corrected chi connectivity index (χ1v) is 13.5. The second-order valence-electron chi connectivity index (χ2n) is 9.53. The SMILES string of the molecule is COCCC(=O)N(Cc1ccc(Cl)c(Cl)c1)[C@@H]1C=C(C(=O)NCCO)[C@@H]2c3cc(CO)cc(OC)c3O[C@@H]2[C@H]1O. The first-order chi connectivity index (χ1) is 19.2. The Morgan fingerprint density at radius 3 is 2.52 bits per heavy atom. The molecule has 1 aliphatic heterocycles. The average molecular weight is 595 g/mol.